The Morgan fingerprint density at radius 1 is 1.38 bits per heavy atom. The first-order valence-corrected chi connectivity index (χ1v) is 4.69. The van der Waals surface area contributed by atoms with Gasteiger partial charge in [-0.2, -0.15) is 0 Å². The first-order valence-electron chi connectivity index (χ1n) is 4.69. The normalized spacial score (nSPS) is 41.5. The zero-order valence-electron chi connectivity index (χ0n) is 8.45. The van der Waals surface area contributed by atoms with Gasteiger partial charge in [0.05, 0.1) is 18.2 Å². The lowest BCUT2D eigenvalue weighted by Crippen LogP contribution is -2.44. The van der Waals surface area contributed by atoms with Gasteiger partial charge in [-0.1, -0.05) is 12.8 Å². The number of hydrogen-bond acceptors (Lipinski definition) is 3. The van der Waals surface area contributed by atoms with Crippen molar-refractivity contribution < 1.29 is 4.74 Å². The Hall–Kier alpha value is -0.560. The average molecular weight is 182 g/mol. The molecule has 0 spiro atoms. The van der Waals surface area contributed by atoms with E-state index in [0.29, 0.717) is 11.8 Å². The van der Waals surface area contributed by atoms with Crippen molar-refractivity contribution in [1.29, 1.82) is 0 Å². The standard InChI is InChI=1S/C10H18N2O/c1-5-9(12-11)10-6(2)7(3)13-8(10)4/h1,6-10,12H,11H2,2-4H3. The monoisotopic (exact) mass is 182 g/mol. The van der Waals surface area contributed by atoms with Gasteiger partial charge in [-0.3, -0.25) is 5.84 Å². The Morgan fingerprint density at radius 2 is 2.00 bits per heavy atom. The van der Waals surface area contributed by atoms with Gasteiger partial charge in [0, 0.05) is 5.92 Å². The molecule has 0 radical (unpaired) electrons. The van der Waals surface area contributed by atoms with Crippen molar-refractivity contribution in [3.05, 3.63) is 0 Å². The maximum absolute atomic E-state index is 5.68. The molecular formula is C10H18N2O. The molecule has 1 aliphatic rings. The highest BCUT2D eigenvalue weighted by Crippen LogP contribution is 2.33. The summed E-state index contributed by atoms with van der Waals surface area (Å²) in [5.74, 6) is 8.81. The van der Waals surface area contributed by atoms with Crippen molar-refractivity contribution >= 4 is 0 Å². The molecule has 1 aliphatic heterocycles. The van der Waals surface area contributed by atoms with Crippen LogP contribution in [-0.2, 0) is 4.74 Å². The van der Waals surface area contributed by atoms with E-state index >= 15 is 0 Å². The lowest BCUT2D eigenvalue weighted by Gasteiger charge is -2.23. The van der Waals surface area contributed by atoms with Crippen molar-refractivity contribution in [2.45, 2.75) is 39.0 Å². The molecule has 3 nitrogen and oxygen atoms in total. The summed E-state index contributed by atoms with van der Waals surface area (Å²) in [4.78, 5) is 0. The molecule has 1 rings (SSSR count). The maximum Gasteiger partial charge on any atom is 0.0871 e. The third-order valence-electron chi connectivity index (χ3n) is 3.06. The van der Waals surface area contributed by atoms with Gasteiger partial charge >= 0.3 is 0 Å². The summed E-state index contributed by atoms with van der Waals surface area (Å²) >= 11 is 0. The van der Waals surface area contributed by atoms with Crippen LogP contribution in [0.5, 0.6) is 0 Å². The lowest BCUT2D eigenvalue weighted by molar-refractivity contribution is 0.0495. The zero-order chi connectivity index (χ0) is 10.0. The van der Waals surface area contributed by atoms with Gasteiger partial charge in [-0.25, -0.2) is 5.43 Å². The van der Waals surface area contributed by atoms with E-state index < -0.39 is 0 Å². The van der Waals surface area contributed by atoms with Crippen LogP contribution in [0.25, 0.3) is 0 Å². The van der Waals surface area contributed by atoms with Gasteiger partial charge in [-0.05, 0) is 19.8 Å². The molecular weight excluding hydrogens is 164 g/mol. The molecule has 0 aromatic rings. The molecule has 13 heavy (non-hydrogen) atoms. The van der Waals surface area contributed by atoms with Crippen LogP contribution in [0.15, 0.2) is 0 Å². The number of nitrogens with one attached hydrogen (secondary N) is 1. The van der Waals surface area contributed by atoms with E-state index in [-0.39, 0.29) is 18.2 Å². The maximum atomic E-state index is 5.68. The smallest absolute Gasteiger partial charge is 0.0871 e. The fourth-order valence-corrected chi connectivity index (χ4v) is 2.14. The highest BCUT2D eigenvalue weighted by Gasteiger charge is 2.40. The summed E-state index contributed by atoms with van der Waals surface area (Å²) in [6.07, 6.45) is 5.84. The van der Waals surface area contributed by atoms with Crippen molar-refractivity contribution in [2.24, 2.45) is 17.7 Å². The molecule has 0 bridgehead atoms. The molecule has 74 valence electrons. The topological polar surface area (TPSA) is 47.3 Å². The number of terminal acetylenes is 1. The van der Waals surface area contributed by atoms with Gasteiger partial charge in [0.25, 0.3) is 0 Å². The lowest BCUT2D eigenvalue weighted by atomic mass is 9.84. The number of nitrogens with two attached hydrogens (primary N) is 1. The largest absolute Gasteiger partial charge is 0.375 e. The van der Waals surface area contributed by atoms with Crippen molar-refractivity contribution in [1.82, 2.24) is 5.43 Å². The van der Waals surface area contributed by atoms with E-state index in [9.17, 15) is 0 Å². The Labute approximate surface area is 80.0 Å². The third-order valence-corrected chi connectivity index (χ3v) is 3.06. The van der Waals surface area contributed by atoms with Gasteiger partial charge in [0.15, 0.2) is 0 Å². The molecule has 5 atom stereocenters. The summed E-state index contributed by atoms with van der Waals surface area (Å²) in [5.41, 5.74) is 2.66. The Kier molecular flexibility index (Phi) is 3.32. The minimum absolute atomic E-state index is 0.0880. The highest BCUT2D eigenvalue weighted by molar-refractivity contribution is 5.06. The fraction of sp³-hybridized carbons (Fsp3) is 0.800. The molecule has 0 aromatic carbocycles. The van der Waals surface area contributed by atoms with Crippen LogP contribution in [0, 0.1) is 24.2 Å². The molecule has 1 fully saturated rings. The molecule has 0 aromatic heterocycles. The average Bonchev–Trinajstić information content (AvgIpc) is 2.34. The van der Waals surface area contributed by atoms with E-state index in [2.05, 4.69) is 25.2 Å². The molecule has 0 saturated carbocycles. The molecule has 3 N–H and O–H groups in total. The Bertz CT molecular complexity index is 211. The highest BCUT2D eigenvalue weighted by atomic mass is 16.5. The number of hydrazine groups is 1. The van der Waals surface area contributed by atoms with Crippen LogP contribution in [-0.4, -0.2) is 18.2 Å². The summed E-state index contributed by atoms with van der Waals surface area (Å²) < 4.78 is 5.68. The second-order valence-corrected chi connectivity index (χ2v) is 3.79. The van der Waals surface area contributed by atoms with Crippen LogP contribution < -0.4 is 11.3 Å². The minimum atomic E-state index is -0.0880. The number of rotatable bonds is 2. The molecule has 5 unspecified atom stereocenters. The SMILES string of the molecule is C#CC(NN)C1C(C)OC(C)C1C. The number of hydrogen-bond donors (Lipinski definition) is 2. The second kappa shape index (κ2) is 4.10. The molecule has 1 saturated heterocycles. The van der Waals surface area contributed by atoms with Crippen LogP contribution in [0.2, 0.25) is 0 Å². The predicted molar refractivity (Wildman–Crippen MR) is 52.6 cm³/mol. The summed E-state index contributed by atoms with van der Waals surface area (Å²) in [7, 11) is 0. The molecule has 1 heterocycles. The van der Waals surface area contributed by atoms with Crippen LogP contribution in [0.4, 0.5) is 0 Å². The first-order chi connectivity index (χ1) is 6.11. The van der Waals surface area contributed by atoms with Crippen LogP contribution >= 0.6 is 0 Å². The second-order valence-electron chi connectivity index (χ2n) is 3.79. The van der Waals surface area contributed by atoms with E-state index in [1.165, 1.54) is 0 Å². The number of ether oxygens (including phenoxy) is 1. The molecule has 0 aliphatic carbocycles. The van der Waals surface area contributed by atoms with Gasteiger partial charge in [0.2, 0.25) is 0 Å². The third kappa shape index (κ3) is 1.86. The quantitative estimate of drug-likeness (QED) is 0.371. The zero-order valence-corrected chi connectivity index (χ0v) is 8.45. The van der Waals surface area contributed by atoms with E-state index in [4.69, 9.17) is 17.0 Å². The van der Waals surface area contributed by atoms with Crippen molar-refractivity contribution in [3.63, 3.8) is 0 Å². The Balaban J connectivity index is 2.73. The summed E-state index contributed by atoms with van der Waals surface area (Å²) in [5, 5.41) is 0. The summed E-state index contributed by atoms with van der Waals surface area (Å²) in [6, 6.07) is -0.0880. The van der Waals surface area contributed by atoms with Crippen LogP contribution in [0.1, 0.15) is 20.8 Å². The fourth-order valence-electron chi connectivity index (χ4n) is 2.14. The van der Waals surface area contributed by atoms with Crippen molar-refractivity contribution in [2.75, 3.05) is 0 Å². The van der Waals surface area contributed by atoms with Gasteiger partial charge < -0.3 is 4.74 Å². The predicted octanol–water partition coefficient (Wildman–Crippen LogP) is 0.511. The van der Waals surface area contributed by atoms with Crippen molar-refractivity contribution in [3.8, 4) is 12.3 Å². The minimum Gasteiger partial charge on any atom is -0.375 e. The van der Waals surface area contributed by atoms with E-state index in [0.717, 1.165) is 0 Å². The molecule has 3 heteroatoms. The summed E-state index contributed by atoms with van der Waals surface area (Å²) in [6.45, 7) is 6.28. The van der Waals surface area contributed by atoms with Crippen LogP contribution in [0.3, 0.4) is 0 Å². The molecule has 0 amide bonds. The van der Waals surface area contributed by atoms with Gasteiger partial charge in [0.1, 0.15) is 0 Å². The van der Waals surface area contributed by atoms with Gasteiger partial charge in [-0.15, -0.1) is 6.42 Å². The van der Waals surface area contributed by atoms with E-state index in [1.54, 1.807) is 0 Å². The Morgan fingerprint density at radius 3 is 2.31 bits per heavy atom. The first kappa shape index (κ1) is 10.5. The van der Waals surface area contributed by atoms with E-state index in [1.807, 2.05) is 6.92 Å².